The van der Waals surface area contributed by atoms with E-state index in [-0.39, 0.29) is 12.8 Å². The largest absolute Gasteiger partial charge is 0.459 e. The van der Waals surface area contributed by atoms with Gasteiger partial charge in [0.05, 0.1) is 0 Å². The van der Waals surface area contributed by atoms with Gasteiger partial charge in [0.25, 0.3) is 11.8 Å². The summed E-state index contributed by atoms with van der Waals surface area (Å²) in [5.74, 6) is -4.14. The van der Waals surface area contributed by atoms with Gasteiger partial charge in [0.1, 0.15) is 5.60 Å². The van der Waals surface area contributed by atoms with Crippen LogP contribution in [0.3, 0.4) is 0 Å². The molecule has 1 atom stereocenters. The lowest BCUT2D eigenvalue weighted by Gasteiger charge is -2.22. The van der Waals surface area contributed by atoms with Crippen LogP contribution in [0.5, 0.6) is 0 Å². The molecule has 1 saturated heterocycles. The molecule has 0 N–H and O–H groups in total. The molecule has 1 unspecified atom stereocenters. The normalized spacial score (nSPS) is 17.4. The Morgan fingerprint density at radius 1 is 1.11 bits per heavy atom. The summed E-state index contributed by atoms with van der Waals surface area (Å²) in [4.78, 5) is 50.4. The molecule has 2 amide bonds. The van der Waals surface area contributed by atoms with Crippen LogP contribution in [0.4, 0.5) is 0 Å². The molecular formula is C12H17NO6. The van der Waals surface area contributed by atoms with Crippen molar-refractivity contribution < 1.29 is 28.8 Å². The van der Waals surface area contributed by atoms with Crippen LogP contribution in [0.15, 0.2) is 0 Å². The Kier molecular flexibility index (Phi) is 4.28. The molecule has 0 aliphatic carbocycles. The monoisotopic (exact) mass is 271 g/mol. The van der Waals surface area contributed by atoms with Gasteiger partial charge in [-0.15, -0.1) is 5.06 Å². The van der Waals surface area contributed by atoms with Gasteiger partial charge < -0.3 is 9.57 Å². The van der Waals surface area contributed by atoms with Crippen molar-refractivity contribution >= 4 is 23.8 Å². The average Bonchev–Trinajstić information content (AvgIpc) is 2.57. The highest BCUT2D eigenvalue weighted by molar-refractivity contribution is 6.02. The number of ether oxygens (including phenoxy) is 1. The van der Waals surface area contributed by atoms with E-state index in [0.717, 1.165) is 0 Å². The van der Waals surface area contributed by atoms with E-state index < -0.39 is 35.3 Å². The Bertz CT molecular complexity index is 406. The summed E-state index contributed by atoms with van der Waals surface area (Å²) in [5.41, 5.74) is -0.731. The Hall–Kier alpha value is -1.92. The van der Waals surface area contributed by atoms with Gasteiger partial charge in [0.15, 0.2) is 5.92 Å². The molecule has 1 fully saturated rings. The second kappa shape index (κ2) is 5.38. The number of carbonyl (C=O) groups is 4. The molecule has 1 aliphatic heterocycles. The zero-order valence-electron chi connectivity index (χ0n) is 11.4. The summed E-state index contributed by atoms with van der Waals surface area (Å²) in [5, 5.41) is 0.406. The Morgan fingerprint density at radius 2 is 1.58 bits per heavy atom. The van der Waals surface area contributed by atoms with Crippen LogP contribution in [-0.4, -0.2) is 34.4 Å². The van der Waals surface area contributed by atoms with E-state index in [2.05, 4.69) is 4.84 Å². The summed E-state index contributed by atoms with van der Waals surface area (Å²) in [6.45, 7) is 6.28. The van der Waals surface area contributed by atoms with Gasteiger partial charge in [-0.2, -0.15) is 0 Å². The third kappa shape index (κ3) is 4.04. The number of hydrogen-bond donors (Lipinski definition) is 0. The fourth-order valence-electron chi connectivity index (χ4n) is 1.31. The van der Waals surface area contributed by atoms with Crippen LogP contribution < -0.4 is 0 Å². The molecule has 0 radical (unpaired) electrons. The third-order valence-corrected chi connectivity index (χ3v) is 2.30. The molecule has 7 nitrogen and oxygen atoms in total. The van der Waals surface area contributed by atoms with Crippen molar-refractivity contribution in [1.82, 2.24) is 5.06 Å². The predicted octanol–water partition coefficient (Wildman–Crippen LogP) is 0.571. The minimum Gasteiger partial charge on any atom is -0.459 e. The Labute approximate surface area is 110 Å². The summed E-state index contributed by atoms with van der Waals surface area (Å²) >= 11 is 0. The second-order valence-electron chi connectivity index (χ2n) is 5.25. The fourth-order valence-corrected chi connectivity index (χ4v) is 1.31. The molecular weight excluding hydrogens is 254 g/mol. The minimum absolute atomic E-state index is 0.00688. The lowest BCUT2D eigenvalue weighted by Crippen LogP contribution is -2.38. The van der Waals surface area contributed by atoms with Crippen LogP contribution in [0.25, 0.3) is 0 Å². The van der Waals surface area contributed by atoms with Crippen molar-refractivity contribution in [2.75, 3.05) is 0 Å². The van der Waals surface area contributed by atoms with Crippen molar-refractivity contribution in [3.8, 4) is 0 Å². The third-order valence-electron chi connectivity index (χ3n) is 2.30. The summed E-state index contributed by atoms with van der Waals surface area (Å²) in [6, 6.07) is 0. The highest BCUT2D eigenvalue weighted by Crippen LogP contribution is 2.16. The van der Waals surface area contributed by atoms with Gasteiger partial charge in [-0.05, 0) is 27.7 Å². The van der Waals surface area contributed by atoms with Crippen LogP contribution in [0.2, 0.25) is 0 Å². The summed E-state index contributed by atoms with van der Waals surface area (Å²) in [6.07, 6.45) is 0.0138. The number of rotatable bonds is 3. The van der Waals surface area contributed by atoms with Crippen LogP contribution in [0.1, 0.15) is 40.5 Å². The number of esters is 1. The first-order chi connectivity index (χ1) is 8.61. The minimum atomic E-state index is -1.21. The van der Waals surface area contributed by atoms with E-state index >= 15 is 0 Å². The molecule has 0 aromatic rings. The zero-order chi connectivity index (χ0) is 14.8. The smallest absolute Gasteiger partial charge is 0.347 e. The predicted molar refractivity (Wildman–Crippen MR) is 62.2 cm³/mol. The van der Waals surface area contributed by atoms with Crippen molar-refractivity contribution in [1.29, 1.82) is 0 Å². The maximum atomic E-state index is 11.6. The molecule has 0 aromatic heterocycles. The fraction of sp³-hybridized carbons (Fsp3) is 0.667. The standard InChI is InChI=1S/C12H17NO6/c1-7(10(16)18-12(2,3)4)11(17)19-13-8(14)5-6-9(13)15/h7H,5-6H2,1-4H3. The highest BCUT2D eigenvalue weighted by atomic mass is 16.7. The summed E-state index contributed by atoms with van der Waals surface area (Å²) in [7, 11) is 0. The van der Waals surface area contributed by atoms with Crippen molar-refractivity contribution in [3.63, 3.8) is 0 Å². The Morgan fingerprint density at radius 3 is 2.00 bits per heavy atom. The number of imide groups is 1. The van der Waals surface area contributed by atoms with E-state index in [0.29, 0.717) is 5.06 Å². The van der Waals surface area contributed by atoms with Crippen molar-refractivity contribution in [2.24, 2.45) is 5.92 Å². The molecule has 19 heavy (non-hydrogen) atoms. The van der Waals surface area contributed by atoms with Gasteiger partial charge in [-0.25, -0.2) is 4.79 Å². The molecule has 1 heterocycles. The molecule has 106 valence electrons. The van der Waals surface area contributed by atoms with E-state index in [9.17, 15) is 19.2 Å². The quantitative estimate of drug-likeness (QED) is 0.423. The van der Waals surface area contributed by atoms with E-state index in [1.54, 1.807) is 20.8 Å². The molecule has 0 spiro atoms. The maximum Gasteiger partial charge on any atom is 0.347 e. The van der Waals surface area contributed by atoms with Gasteiger partial charge in [0, 0.05) is 12.8 Å². The molecule has 7 heteroatoms. The molecule has 0 saturated carbocycles. The lowest BCUT2D eigenvalue weighted by atomic mass is 10.1. The molecule has 0 bridgehead atoms. The number of amides is 2. The number of carbonyl (C=O) groups excluding carboxylic acids is 4. The molecule has 1 aliphatic rings. The number of hydrogen-bond acceptors (Lipinski definition) is 6. The van der Waals surface area contributed by atoms with Crippen LogP contribution in [-0.2, 0) is 28.8 Å². The number of nitrogens with zero attached hydrogens (tertiary/aromatic N) is 1. The topological polar surface area (TPSA) is 90.0 Å². The van der Waals surface area contributed by atoms with Gasteiger partial charge >= 0.3 is 11.9 Å². The van der Waals surface area contributed by atoms with Gasteiger partial charge in [-0.1, -0.05) is 0 Å². The first-order valence-electron chi connectivity index (χ1n) is 5.92. The van der Waals surface area contributed by atoms with Gasteiger partial charge in [0.2, 0.25) is 0 Å². The molecule has 1 rings (SSSR count). The zero-order valence-corrected chi connectivity index (χ0v) is 11.4. The SMILES string of the molecule is CC(C(=O)ON1C(=O)CCC1=O)C(=O)OC(C)(C)C. The maximum absolute atomic E-state index is 11.6. The van der Waals surface area contributed by atoms with Crippen molar-refractivity contribution in [2.45, 2.75) is 46.1 Å². The second-order valence-corrected chi connectivity index (χ2v) is 5.25. The Balaban J connectivity index is 2.60. The first kappa shape index (κ1) is 15.1. The van der Waals surface area contributed by atoms with Crippen LogP contribution in [0, 0.1) is 5.92 Å². The molecule has 0 aromatic carbocycles. The van der Waals surface area contributed by atoms with E-state index in [1.807, 2.05) is 0 Å². The number of hydroxylamine groups is 2. The van der Waals surface area contributed by atoms with E-state index in [4.69, 9.17) is 4.74 Å². The average molecular weight is 271 g/mol. The van der Waals surface area contributed by atoms with Crippen molar-refractivity contribution in [3.05, 3.63) is 0 Å². The van der Waals surface area contributed by atoms with Crippen LogP contribution >= 0.6 is 0 Å². The first-order valence-corrected chi connectivity index (χ1v) is 5.92. The summed E-state index contributed by atoms with van der Waals surface area (Å²) < 4.78 is 5.01. The van der Waals surface area contributed by atoms with E-state index in [1.165, 1.54) is 6.92 Å². The van der Waals surface area contributed by atoms with Gasteiger partial charge in [-0.3, -0.25) is 14.4 Å². The highest BCUT2D eigenvalue weighted by Gasteiger charge is 2.36. The lowest BCUT2D eigenvalue weighted by molar-refractivity contribution is -0.203.